The molecule has 2 nitrogen and oxygen atoms in total. The lowest BCUT2D eigenvalue weighted by molar-refractivity contribution is 0.213. The van der Waals surface area contributed by atoms with Crippen molar-refractivity contribution in [3.8, 4) is 11.1 Å². The van der Waals surface area contributed by atoms with Crippen LogP contribution in [0.4, 0.5) is 5.69 Å². The second-order valence-electron chi connectivity index (χ2n) is 8.26. The van der Waals surface area contributed by atoms with Crippen LogP contribution in [0.25, 0.3) is 21.2 Å². The standard InChI is InChI=1S/C26H24N2S/c1-2-7-20(8-3-1)21-9-4-6-19(14-21)16-27-12-13-28-23(17-27)15-22-18-29-25-11-5-10-24(28)26(22)25/h1-11,14,18,23H,12-13,15-17H2. The van der Waals surface area contributed by atoms with E-state index in [0.29, 0.717) is 6.04 Å². The second-order valence-corrected chi connectivity index (χ2v) is 9.18. The normalized spacial score (nSPS) is 18.8. The van der Waals surface area contributed by atoms with E-state index in [9.17, 15) is 0 Å². The first kappa shape index (κ1) is 17.3. The van der Waals surface area contributed by atoms with Crippen LogP contribution < -0.4 is 4.90 Å². The molecule has 0 bridgehead atoms. The lowest BCUT2D eigenvalue weighted by Crippen LogP contribution is -2.54. The van der Waals surface area contributed by atoms with Gasteiger partial charge >= 0.3 is 0 Å². The molecule has 6 rings (SSSR count). The van der Waals surface area contributed by atoms with Crippen LogP contribution in [0, 0.1) is 0 Å². The molecule has 1 atom stereocenters. The predicted molar refractivity (Wildman–Crippen MR) is 124 cm³/mol. The number of benzene rings is 3. The highest BCUT2D eigenvalue weighted by Crippen LogP contribution is 2.41. The number of hydrogen-bond acceptors (Lipinski definition) is 3. The SMILES string of the molecule is c1ccc(-c2cccc(CN3CCN4c5cccc6scc(c56)CC4C3)c2)cc1. The molecule has 29 heavy (non-hydrogen) atoms. The molecule has 0 amide bonds. The third-order valence-electron chi connectivity index (χ3n) is 6.43. The van der Waals surface area contributed by atoms with E-state index in [4.69, 9.17) is 0 Å². The molecule has 1 unspecified atom stereocenters. The van der Waals surface area contributed by atoms with Crippen molar-refractivity contribution in [2.24, 2.45) is 0 Å². The van der Waals surface area contributed by atoms with Gasteiger partial charge in [-0.25, -0.2) is 0 Å². The summed E-state index contributed by atoms with van der Waals surface area (Å²) >= 11 is 1.90. The van der Waals surface area contributed by atoms with Crippen molar-refractivity contribution in [2.45, 2.75) is 19.0 Å². The summed E-state index contributed by atoms with van der Waals surface area (Å²) in [7, 11) is 0. The molecule has 1 saturated heterocycles. The van der Waals surface area contributed by atoms with E-state index in [-0.39, 0.29) is 0 Å². The summed E-state index contributed by atoms with van der Waals surface area (Å²) in [5.41, 5.74) is 7.03. The predicted octanol–water partition coefficient (Wildman–Crippen LogP) is 5.82. The topological polar surface area (TPSA) is 6.48 Å². The molecule has 0 saturated carbocycles. The van der Waals surface area contributed by atoms with Gasteiger partial charge in [0.1, 0.15) is 0 Å². The van der Waals surface area contributed by atoms with Gasteiger partial charge in [0, 0.05) is 48.0 Å². The zero-order valence-corrected chi connectivity index (χ0v) is 17.2. The minimum Gasteiger partial charge on any atom is -0.365 e. The maximum atomic E-state index is 2.67. The minimum absolute atomic E-state index is 0.591. The van der Waals surface area contributed by atoms with Crippen molar-refractivity contribution in [1.82, 2.24) is 4.90 Å². The average Bonchev–Trinajstić information content (AvgIpc) is 3.19. The molecule has 2 aliphatic heterocycles. The number of anilines is 1. The lowest BCUT2D eigenvalue weighted by Gasteiger charge is -2.45. The molecular formula is C26H24N2S. The van der Waals surface area contributed by atoms with Gasteiger partial charge in [-0.1, -0.05) is 54.6 Å². The maximum Gasteiger partial charge on any atom is 0.0460 e. The van der Waals surface area contributed by atoms with Crippen LogP contribution in [-0.2, 0) is 13.0 Å². The van der Waals surface area contributed by atoms with E-state index in [1.807, 2.05) is 11.3 Å². The van der Waals surface area contributed by atoms with Crippen LogP contribution in [0.1, 0.15) is 11.1 Å². The average molecular weight is 397 g/mol. The highest BCUT2D eigenvalue weighted by molar-refractivity contribution is 7.17. The van der Waals surface area contributed by atoms with Gasteiger partial charge in [0.25, 0.3) is 0 Å². The Hall–Kier alpha value is -2.62. The Balaban J connectivity index is 1.22. The Morgan fingerprint density at radius 2 is 1.72 bits per heavy atom. The van der Waals surface area contributed by atoms with Crippen LogP contribution in [0.5, 0.6) is 0 Å². The van der Waals surface area contributed by atoms with Crippen molar-refractivity contribution in [3.05, 3.63) is 89.3 Å². The van der Waals surface area contributed by atoms with Gasteiger partial charge in [-0.2, -0.15) is 0 Å². The summed E-state index contributed by atoms with van der Waals surface area (Å²) < 4.78 is 1.44. The molecule has 2 aliphatic rings. The van der Waals surface area contributed by atoms with Crippen LogP contribution in [-0.4, -0.2) is 30.6 Å². The monoisotopic (exact) mass is 396 g/mol. The third-order valence-corrected chi connectivity index (χ3v) is 7.42. The molecule has 3 aromatic carbocycles. The molecule has 4 aromatic rings. The van der Waals surface area contributed by atoms with Gasteiger partial charge in [-0.3, -0.25) is 4.90 Å². The number of thiophene rings is 1. The van der Waals surface area contributed by atoms with Gasteiger partial charge in [-0.05, 0) is 52.3 Å². The Morgan fingerprint density at radius 1 is 0.862 bits per heavy atom. The number of fused-ring (bicyclic) bond motifs is 2. The zero-order chi connectivity index (χ0) is 19.2. The minimum atomic E-state index is 0.591. The highest BCUT2D eigenvalue weighted by Gasteiger charge is 2.32. The van der Waals surface area contributed by atoms with Crippen molar-refractivity contribution in [3.63, 3.8) is 0 Å². The van der Waals surface area contributed by atoms with Crippen molar-refractivity contribution >= 4 is 27.1 Å². The van der Waals surface area contributed by atoms with E-state index < -0.39 is 0 Å². The van der Waals surface area contributed by atoms with Crippen LogP contribution >= 0.6 is 11.3 Å². The fourth-order valence-corrected chi connectivity index (χ4v) is 6.06. The molecule has 144 valence electrons. The molecule has 0 radical (unpaired) electrons. The van der Waals surface area contributed by atoms with Gasteiger partial charge < -0.3 is 4.90 Å². The van der Waals surface area contributed by atoms with Crippen LogP contribution in [0.15, 0.2) is 78.2 Å². The van der Waals surface area contributed by atoms with Crippen LogP contribution in [0.2, 0.25) is 0 Å². The summed E-state index contributed by atoms with van der Waals surface area (Å²) in [5, 5.41) is 3.89. The number of hydrogen-bond donors (Lipinski definition) is 0. The Morgan fingerprint density at radius 3 is 2.66 bits per heavy atom. The fourth-order valence-electron chi connectivity index (χ4n) is 5.07. The largest absolute Gasteiger partial charge is 0.365 e. The summed E-state index contributed by atoms with van der Waals surface area (Å²) in [6.45, 7) is 4.42. The smallest absolute Gasteiger partial charge is 0.0460 e. The molecule has 0 spiro atoms. The van der Waals surface area contributed by atoms with E-state index in [2.05, 4.69) is 88.0 Å². The van der Waals surface area contributed by atoms with Crippen LogP contribution in [0.3, 0.4) is 0 Å². The summed E-state index contributed by atoms with van der Waals surface area (Å²) in [5.74, 6) is 0. The Labute approximate surface area is 176 Å². The molecule has 0 aliphatic carbocycles. The lowest BCUT2D eigenvalue weighted by atomic mass is 9.94. The molecule has 3 heteroatoms. The van der Waals surface area contributed by atoms with E-state index in [0.717, 1.165) is 26.2 Å². The first-order chi connectivity index (χ1) is 14.3. The molecule has 3 heterocycles. The molecule has 1 fully saturated rings. The zero-order valence-electron chi connectivity index (χ0n) is 16.4. The summed E-state index contributed by atoms with van der Waals surface area (Å²) in [6, 6.07) is 27.2. The van der Waals surface area contributed by atoms with Gasteiger partial charge in [0.15, 0.2) is 0 Å². The third kappa shape index (κ3) is 3.06. The van der Waals surface area contributed by atoms with Crippen molar-refractivity contribution in [2.75, 3.05) is 24.5 Å². The number of nitrogens with zero attached hydrogens (tertiary/aromatic N) is 2. The highest BCUT2D eigenvalue weighted by atomic mass is 32.1. The van der Waals surface area contributed by atoms with E-state index >= 15 is 0 Å². The number of rotatable bonds is 3. The van der Waals surface area contributed by atoms with Crippen molar-refractivity contribution < 1.29 is 0 Å². The summed E-state index contributed by atoms with van der Waals surface area (Å²) in [4.78, 5) is 5.31. The Kier molecular flexibility index (Phi) is 4.17. The molecular weight excluding hydrogens is 372 g/mol. The van der Waals surface area contributed by atoms with Gasteiger partial charge in [0.2, 0.25) is 0 Å². The first-order valence-electron chi connectivity index (χ1n) is 10.5. The Bertz CT molecular complexity index is 1160. The molecule has 1 aromatic heterocycles. The first-order valence-corrected chi connectivity index (χ1v) is 11.4. The van der Waals surface area contributed by atoms with E-state index in [1.165, 1.54) is 38.9 Å². The quantitative estimate of drug-likeness (QED) is 0.431. The molecule has 0 N–H and O–H groups in total. The van der Waals surface area contributed by atoms with Gasteiger partial charge in [-0.15, -0.1) is 11.3 Å². The maximum absolute atomic E-state index is 2.67. The fraction of sp³-hybridized carbons (Fsp3) is 0.231. The number of piperazine rings is 1. The summed E-state index contributed by atoms with van der Waals surface area (Å²) in [6.07, 6.45) is 1.18. The van der Waals surface area contributed by atoms with Crippen molar-refractivity contribution in [1.29, 1.82) is 0 Å². The van der Waals surface area contributed by atoms with Gasteiger partial charge in [0.05, 0.1) is 0 Å². The second kappa shape index (κ2) is 7.01. The van der Waals surface area contributed by atoms with E-state index in [1.54, 1.807) is 5.56 Å².